The van der Waals surface area contributed by atoms with Crippen LogP contribution in [0.3, 0.4) is 0 Å². The Balaban J connectivity index is 2.92. The summed E-state index contributed by atoms with van der Waals surface area (Å²) in [5.74, 6) is 0. The second-order valence-corrected chi connectivity index (χ2v) is 2.50. The Hall–Kier alpha value is -0.130. The molecule has 8 heavy (non-hydrogen) atoms. The monoisotopic (exact) mass is 223 g/mol. The van der Waals surface area contributed by atoms with E-state index in [9.17, 15) is 0 Å². The van der Waals surface area contributed by atoms with E-state index in [1.165, 1.54) is 0 Å². The maximum absolute atomic E-state index is 3.82. The van der Waals surface area contributed by atoms with Gasteiger partial charge >= 0.3 is 0 Å². The molecule has 0 aliphatic heterocycles. The highest BCUT2D eigenvalue weighted by Gasteiger charge is 1.97. The van der Waals surface area contributed by atoms with Gasteiger partial charge in [0.2, 0.25) is 0 Å². The Morgan fingerprint density at radius 1 is 1.75 bits per heavy atom. The Bertz CT molecular complexity index is 172. The molecule has 0 saturated heterocycles. The van der Waals surface area contributed by atoms with Crippen LogP contribution < -0.4 is 0 Å². The Morgan fingerprint density at radius 2 is 2.50 bits per heavy atom. The van der Waals surface area contributed by atoms with E-state index in [1.807, 2.05) is 0 Å². The number of nitrogens with one attached hydrogen (secondary N) is 1. The molecule has 3 nitrogen and oxygen atoms in total. The first-order valence-corrected chi connectivity index (χ1v) is 3.48. The normalized spacial score (nSPS) is 9.75. The third kappa shape index (κ3) is 0.988. The zero-order chi connectivity index (χ0) is 5.98. The first-order chi connectivity index (χ1) is 3.84. The number of halogens is 1. The van der Waals surface area contributed by atoms with Gasteiger partial charge in [-0.25, -0.2) is 0 Å². The van der Waals surface area contributed by atoms with Gasteiger partial charge in [0.05, 0.1) is 5.69 Å². The van der Waals surface area contributed by atoms with Crippen molar-refractivity contribution in [2.24, 2.45) is 0 Å². The van der Waals surface area contributed by atoms with E-state index in [-0.39, 0.29) is 0 Å². The van der Waals surface area contributed by atoms with Gasteiger partial charge in [0, 0.05) is 0 Å². The molecule has 0 amide bonds. The van der Waals surface area contributed by atoms with Gasteiger partial charge in [0.1, 0.15) is 3.70 Å². The fourth-order valence-electron chi connectivity index (χ4n) is 0.464. The number of aromatic amines is 1. The predicted molar refractivity (Wildman–Crippen MR) is 38.5 cm³/mol. The minimum absolute atomic E-state index is 0.953. The lowest BCUT2D eigenvalue weighted by Crippen LogP contribution is -1.81. The number of H-pyrrole nitrogens is 1. The van der Waals surface area contributed by atoms with Crippen LogP contribution in [0.5, 0.6) is 0 Å². The van der Waals surface area contributed by atoms with Crippen molar-refractivity contribution in [3.8, 4) is 0 Å². The summed E-state index contributed by atoms with van der Waals surface area (Å²) in [6.45, 7) is 2.06. The van der Waals surface area contributed by atoms with Crippen LogP contribution in [0.1, 0.15) is 12.6 Å². The van der Waals surface area contributed by atoms with Gasteiger partial charge < -0.3 is 0 Å². The van der Waals surface area contributed by atoms with Crippen molar-refractivity contribution in [2.45, 2.75) is 13.3 Å². The number of hydrogen-bond acceptors (Lipinski definition) is 2. The van der Waals surface area contributed by atoms with Crippen molar-refractivity contribution >= 4 is 22.6 Å². The summed E-state index contributed by atoms with van der Waals surface area (Å²) in [7, 11) is 0. The minimum atomic E-state index is 0.953. The fourth-order valence-corrected chi connectivity index (χ4v) is 1.06. The van der Waals surface area contributed by atoms with Crippen molar-refractivity contribution in [3.05, 3.63) is 9.39 Å². The summed E-state index contributed by atoms with van der Waals surface area (Å²) in [4.78, 5) is 0. The van der Waals surface area contributed by atoms with E-state index < -0.39 is 0 Å². The molecule has 0 aliphatic rings. The van der Waals surface area contributed by atoms with Crippen LogP contribution in [0.4, 0.5) is 0 Å². The van der Waals surface area contributed by atoms with Gasteiger partial charge in [-0.15, -0.1) is 5.10 Å². The topological polar surface area (TPSA) is 41.6 Å². The summed E-state index contributed by atoms with van der Waals surface area (Å²) in [5, 5.41) is 10.2. The first-order valence-electron chi connectivity index (χ1n) is 2.40. The second kappa shape index (κ2) is 2.43. The van der Waals surface area contributed by atoms with E-state index in [1.54, 1.807) is 0 Å². The van der Waals surface area contributed by atoms with Crippen LogP contribution in [-0.2, 0) is 6.42 Å². The fraction of sp³-hybridized carbons (Fsp3) is 0.500. The molecular formula is C4H6IN3. The van der Waals surface area contributed by atoms with E-state index >= 15 is 0 Å². The highest BCUT2D eigenvalue weighted by molar-refractivity contribution is 14.1. The predicted octanol–water partition coefficient (Wildman–Crippen LogP) is 0.972. The molecule has 0 spiro atoms. The summed E-state index contributed by atoms with van der Waals surface area (Å²) >= 11 is 2.18. The standard InChI is InChI=1S/C4H6IN3/c1-2-3-4(5)7-8-6-3/h2H2,1H3,(H,6,7,8). The van der Waals surface area contributed by atoms with Crippen LogP contribution in [0.15, 0.2) is 0 Å². The summed E-state index contributed by atoms with van der Waals surface area (Å²) < 4.78 is 1.05. The van der Waals surface area contributed by atoms with Crippen molar-refractivity contribution in [2.75, 3.05) is 0 Å². The zero-order valence-electron chi connectivity index (χ0n) is 4.48. The van der Waals surface area contributed by atoms with Gasteiger partial charge in [-0.3, -0.25) is 5.10 Å². The van der Waals surface area contributed by atoms with Crippen molar-refractivity contribution in [1.29, 1.82) is 0 Å². The maximum Gasteiger partial charge on any atom is 0.119 e. The molecular weight excluding hydrogens is 217 g/mol. The van der Waals surface area contributed by atoms with Gasteiger partial charge in [-0.05, 0) is 29.0 Å². The van der Waals surface area contributed by atoms with Crippen LogP contribution in [0.2, 0.25) is 0 Å². The molecule has 0 aliphatic carbocycles. The molecule has 0 atom stereocenters. The lowest BCUT2D eigenvalue weighted by molar-refractivity contribution is 0.907. The number of rotatable bonds is 1. The average molecular weight is 223 g/mol. The zero-order valence-corrected chi connectivity index (χ0v) is 6.64. The van der Waals surface area contributed by atoms with Gasteiger partial charge in [-0.2, -0.15) is 0 Å². The van der Waals surface area contributed by atoms with E-state index in [2.05, 4.69) is 44.9 Å². The van der Waals surface area contributed by atoms with Crippen LogP contribution >= 0.6 is 22.6 Å². The lowest BCUT2D eigenvalue weighted by atomic mass is 10.4. The third-order valence-electron chi connectivity index (χ3n) is 0.907. The van der Waals surface area contributed by atoms with Gasteiger partial charge in [0.25, 0.3) is 0 Å². The molecule has 1 N–H and O–H groups in total. The van der Waals surface area contributed by atoms with Crippen LogP contribution in [-0.4, -0.2) is 15.4 Å². The minimum Gasteiger partial charge on any atom is -0.252 e. The molecule has 1 aromatic rings. The van der Waals surface area contributed by atoms with Crippen molar-refractivity contribution < 1.29 is 0 Å². The molecule has 0 bridgehead atoms. The van der Waals surface area contributed by atoms with Crippen LogP contribution in [0.25, 0.3) is 0 Å². The molecule has 1 heterocycles. The average Bonchev–Trinajstić information content (AvgIpc) is 2.14. The highest BCUT2D eigenvalue weighted by atomic mass is 127. The summed E-state index contributed by atoms with van der Waals surface area (Å²) in [6, 6.07) is 0. The van der Waals surface area contributed by atoms with Crippen LogP contribution in [0, 0.1) is 3.70 Å². The van der Waals surface area contributed by atoms with E-state index in [4.69, 9.17) is 0 Å². The lowest BCUT2D eigenvalue weighted by Gasteiger charge is -1.81. The summed E-state index contributed by atoms with van der Waals surface area (Å²) in [6.07, 6.45) is 0.953. The van der Waals surface area contributed by atoms with Crippen molar-refractivity contribution in [1.82, 2.24) is 15.4 Å². The molecule has 0 aromatic carbocycles. The molecule has 4 heteroatoms. The molecule has 0 unspecified atom stereocenters. The van der Waals surface area contributed by atoms with Crippen molar-refractivity contribution in [3.63, 3.8) is 0 Å². The molecule has 0 fully saturated rings. The van der Waals surface area contributed by atoms with E-state index in [0.717, 1.165) is 15.8 Å². The SMILES string of the molecule is CCc1nn[nH]c1I. The highest BCUT2D eigenvalue weighted by Crippen LogP contribution is 2.03. The maximum atomic E-state index is 3.82. The quantitative estimate of drug-likeness (QED) is 0.720. The van der Waals surface area contributed by atoms with Gasteiger partial charge in [0.15, 0.2) is 0 Å². The molecule has 1 rings (SSSR count). The second-order valence-electron chi connectivity index (χ2n) is 1.43. The number of aromatic nitrogens is 3. The van der Waals surface area contributed by atoms with Gasteiger partial charge in [-0.1, -0.05) is 12.1 Å². The molecule has 1 aromatic heterocycles. The molecule has 0 saturated carbocycles. The Labute approximate surface area is 61.0 Å². The largest absolute Gasteiger partial charge is 0.252 e. The summed E-state index contributed by atoms with van der Waals surface area (Å²) in [5.41, 5.74) is 1.05. The Kier molecular flexibility index (Phi) is 1.82. The molecule has 0 radical (unpaired) electrons. The number of nitrogens with zero attached hydrogens (tertiary/aromatic N) is 2. The number of aryl methyl sites for hydroxylation is 1. The number of hydrogen-bond donors (Lipinski definition) is 1. The molecule has 44 valence electrons. The van der Waals surface area contributed by atoms with E-state index in [0.29, 0.717) is 0 Å². The smallest absolute Gasteiger partial charge is 0.119 e. The first kappa shape index (κ1) is 6.00. The third-order valence-corrected chi connectivity index (χ3v) is 1.77. The Morgan fingerprint density at radius 3 is 2.75 bits per heavy atom.